The van der Waals surface area contributed by atoms with Gasteiger partial charge < -0.3 is 10.2 Å². The predicted molar refractivity (Wildman–Crippen MR) is 16.4 cm³/mol. The van der Waals surface area contributed by atoms with Crippen LogP contribution in [0.1, 0.15) is 6.92 Å². The second-order valence-electron chi connectivity index (χ2n) is 0.740. The Morgan fingerprint density at radius 1 is 1.83 bits per heavy atom. The molecule has 0 amide bonds. The van der Waals surface area contributed by atoms with Gasteiger partial charge >= 0.3 is 51.4 Å². The van der Waals surface area contributed by atoms with Crippen LogP contribution < -0.4 is 56.5 Å². The molecular formula is C3H5KO2. The topological polar surface area (TPSA) is 43.3 Å². The maximum absolute atomic E-state index is 9.51. The SMILES string of the molecule is C/C([O-])=C\O.[K+]. The van der Waals surface area contributed by atoms with Crippen molar-refractivity contribution in [1.82, 2.24) is 0 Å². The monoisotopic (exact) mass is 112 g/mol. The molecule has 0 bridgehead atoms. The maximum Gasteiger partial charge on any atom is 1.00 e. The van der Waals surface area contributed by atoms with E-state index in [1.54, 1.807) is 0 Å². The van der Waals surface area contributed by atoms with Crippen LogP contribution in [0.3, 0.4) is 0 Å². The van der Waals surface area contributed by atoms with Crippen molar-refractivity contribution >= 4 is 0 Å². The van der Waals surface area contributed by atoms with E-state index < -0.39 is 0 Å². The van der Waals surface area contributed by atoms with Gasteiger partial charge in [0, 0.05) is 0 Å². The van der Waals surface area contributed by atoms with Crippen molar-refractivity contribution in [1.29, 1.82) is 0 Å². The van der Waals surface area contributed by atoms with E-state index in [0.29, 0.717) is 6.26 Å². The van der Waals surface area contributed by atoms with Crippen LogP contribution in [-0.4, -0.2) is 5.11 Å². The molecule has 2 nitrogen and oxygen atoms in total. The van der Waals surface area contributed by atoms with Crippen LogP contribution in [0.25, 0.3) is 0 Å². The molecule has 0 aliphatic carbocycles. The Labute approximate surface area is 79.3 Å². The summed E-state index contributed by atoms with van der Waals surface area (Å²) in [5.74, 6) is -0.315. The molecule has 0 aliphatic heterocycles. The van der Waals surface area contributed by atoms with Gasteiger partial charge in [-0.05, 0) is 0 Å². The van der Waals surface area contributed by atoms with Crippen LogP contribution in [0.2, 0.25) is 0 Å². The van der Waals surface area contributed by atoms with Gasteiger partial charge in [0.15, 0.2) is 0 Å². The molecule has 0 rings (SSSR count). The van der Waals surface area contributed by atoms with Crippen molar-refractivity contribution in [2.45, 2.75) is 6.92 Å². The zero-order valence-electron chi connectivity index (χ0n) is 3.93. The normalized spacial score (nSPS) is 9.83. The average Bonchev–Trinajstić information content (AvgIpc) is 1.38. The van der Waals surface area contributed by atoms with Crippen molar-refractivity contribution in [3.63, 3.8) is 0 Å². The van der Waals surface area contributed by atoms with Gasteiger partial charge in [-0.1, -0.05) is 6.92 Å². The number of rotatable bonds is 0. The van der Waals surface area contributed by atoms with E-state index >= 15 is 0 Å². The van der Waals surface area contributed by atoms with Crippen molar-refractivity contribution in [3.8, 4) is 0 Å². The minimum absolute atomic E-state index is 0. The van der Waals surface area contributed by atoms with Gasteiger partial charge in [0.2, 0.25) is 0 Å². The summed E-state index contributed by atoms with van der Waals surface area (Å²) in [6.07, 6.45) is 0.528. The summed E-state index contributed by atoms with van der Waals surface area (Å²) in [4.78, 5) is 0. The zero-order valence-corrected chi connectivity index (χ0v) is 7.06. The van der Waals surface area contributed by atoms with Crippen LogP contribution in [0.4, 0.5) is 0 Å². The second kappa shape index (κ2) is 5.98. The second-order valence-corrected chi connectivity index (χ2v) is 0.740. The van der Waals surface area contributed by atoms with Gasteiger partial charge in [-0.2, -0.15) is 0 Å². The maximum atomic E-state index is 9.51. The Balaban J connectivity index is 0. The first-order chi connectivity index (χ1) is 2.27. The van der Waals surface area contributed by atoms with Crippen molar-refractivity contribution < 1.29 is 61.6 Å². The third-order valence-electron chi connectivity index (χ3n) is 0.182. The molecule has 30 valence electrons. The molecule has 0 aliphatic rings. The quantitative estimate of drug-likeness (QED) is 0.264. The first kappa shape index (κ1) is 10.1. The van der Waals surface area contributed by atoms with Gasteiger partial charge in [0.05, 0.1) is 6.26 Å². The molecule has 0 fully saturated rings. The molecule has 0 radical (unpaired) electrons. The number of aliphatic hydroxyl groups excluding tert-OH is 1. The molecule has 6 heavy (non-hydrogen) atoms. The minimum Gasteiger partial charge on any atom is -0.874 e. The van der Waals surface area contributed by atoms with Crippen molar-refractivity contribution in [3.05, 3.63) is 12.0 Å². The summed E-state index contributed by atoms with van der Waals surface area (Å²) < 4.78 is 0. The van der Waals surface area contributed by atoms with E-state index in [9.17, 15) is 5.11 Å². The third-order valence-corrected chi connectivity index (χ3v) is 0.182. The smallest absolute Gasteiger partial charge is 0.874 e. The van der Waals surface area contributed by atoms with Crippen LogP contribution in [0.5, 0.6) is 0 Å². The van der Waals surface area contributed by atoms with Crippen LogP contribution >= 0.6 is 0 Å². The summed E-state index contributed by atoms with van der Waals surface area (Å²) in [5.41, 5.74) is 0. The molecule has 0 saturated carbocycles. The summed E-state index contributed by atoms with van der Waals surface area (Å²) in [6.45, 7) is 1.28. The molecule has 0 aromatic carbocycles. The first-order valence-electron chi connectivity index (χ1n) is 1.25. The molecule has 0 unspecified atom stereocenters. The zero-order chi connectivity index (χ0) is 4.28. The molecule has 0 aromatic heterocycles. The summed E-state index contributed by atoms with van der Waals surface area (Å²) in [5, 5.41) is 17.2. The van der Waals surface area contributed by atoms with E-state index in [2.05, 4.69) is 0 Å². The minimum atomic E-state index is -0.315. The van der Waals surface area contributed by atoms with Crippen LogP contribution in [0.15, 0.2) is 12.0 Å². The van der Waals surface area contributed by atoms with E-state index in [4.69, 9.17) is 5.11 Å². The van der Waals surface area contributed by atoms with Gasteiger partial charge in [-0.15, -0.1) is 5.76 Å². The van der Waals surface area contributed by atoms with Crippen molar-refractivity contribution in [2.24, 2.45) is 0 Å². The fourth-order valence-electron chi connectivity index (χ4n) is 0. The standard InChI is InChI=1S/C3H6O2.K/c1-3(5)2-4;/h2,4-5H,1H3;/q;+1/p-1/b3-2+;. The molecule has 0 atom stereocenters. The van der Waals surface area contributed by atoms with Gasteiger partial charge in [-0.25, -0.2) is 0 Å². The molecule has 0 heterocycles. The van der Waals surface area contributed by atoms with Crippen LogP contribution in [0, 0.1) is 0 Å². The van der Waals surface area contributed by atoms with Crippen molar-refractivity contribution in [2.75, 3.05) is 0 Å². The van der Waals surface area contributed by atoms with Gasteiger partial charge in [-0.3, -0.25) is 0 Å². The Kier molecular flexibility index (Phi) is 10.0. The third kappa shape index (κ3) is 8.88. The predicted octanol–water partition coefficient (Wildman–Crippen LogP) is -3.23. The number of allylic oxidation sites excluding steroid dienone is 1. The van der Waals surface area contributed by atoms with E-state index in [1.165, 1.54) is 6.92 Å². The summed E-state index contributed by atoms with van der Waals surface area (Å²) >= 11 is 0. The fourth-order valence-corrected chi connectivity index (χ4v) is 0. The van der Waals surface area contributed by atoms with E-state index in [0.717, 1.165) is 0 Å². The van der Waals surface area contributed by atoms with Crippen LogP contribution in [-0.2, 0) is 0 Å². The first-order valence-corrected chi connectivity index (χ1v) is 1.25. The number of hydrogen-bond donors (Lipinski definition) is 1. The fraction of sp³-hybridized carbons (Fsp3) is 0.333. The Bertz CT molecular complexity index is 46.8. The largest absolute Gasteiger partial charge is 1.00 e. The van der Waals surface area contributed by atoms with E-state index in [1.807, 2.05) is 0 Å². The van der Waals surface area contributed by atoms with Gasteiger partial charge in [0.1, 0.15) is 0 Å². The molecule has 0 spiro atoms. The molecule has 3 heteroatoms. The van der Waals surface area contributed by atoms with Gasteiger partial charge in [0.25, 0.3) is 0 Å². The summed E-state index contributed by atoms with van der Waals surface area (Å²) in [6, 6.07) is 0. The van der Waals surface area contributed by atoms with E-state index in [-0.39, 0.29) is 57.1 Å². The molecule has 0 saturated heterocycles. The molecule has 0 aromatic rings. The summed E-state index contributed by atoms with van der Waals surface area (Å²) in [7, 11) is 0. The average molecular weight is 112 g/mol. The Morgan fingerprint density at radius 3 is 2.00 bits per heavy atom. The Hall–Kier alpha value is 0.976. The molecule has 1 N–H and O–H groups in total. The number of hydrogen-bond acceptors (Lipinski definition) is 2. The Morgan fingerprint density at radius 2 is 2.00 bits per heavy atom. The number of aliphatic hydroxyl groups is 1. The molecular weight excluding hydrogens is 107 g/mol.